The molecule has 0 aliphatic carbocycles. The number of benzene rings is 10. The van der Waals surface area contributed by atoms with Crippen LogP contribution in [0, 0.1) is 0 Å². The Balaban J connectivity index is 1.23. The van der Waals surface area contributed by atoms with Crippen molar-refractivity contribution in [2.24, 2.45) is 0 Å². The van der Waals surface area contributed by atoms with Crippen LogP contribution in [0.5, 0.6) is 0 Å². The summed E-state index contributed by atoms with van der Waals surface area (Å²) < 4.78 is 0. The summed E-state index contributed by atoms with van der Waals surface area (Å²) in [6, 6.07) is 61.7. The van der Waals surface area contributed by atoms with E-state index in [1.807, 2.05) is 0 Å². The summed E-state index contributed by atoms with van der Waals surface area (Å²) in [7, 11) is 0. The van der Waals surface area contributed by atoms with E-state index in [0.29, 0.717) is 0 Å². The molecule has 1 nitrogen and oxygen atoms in total. The Bertz CT molecular complexity index is 3160. The van der Waals surface area contributed by atoms with Crippen molar-refractivity contribution in [3.05, 3.63) is 180 Å². The van der Waals surface area contributed by atoms with Crippen LogP contribution in [-0.4, -0.2) is 6.71 Å². The van der Waals surface area contributed by atoms with Gasteiger partial charge in [-0.1, -0.05) is 174 Å². The van der Waals surface area contributed by atoms with E-state index < -0.39 is 5.41 Å². The molecule has 1 spiro atoms. The van der Waals surface area contributed by atoms with Crippen LogP contribution in [0.25, 0.3) is 87.6 Å². The summed E-state index contributed by atoms with van der Waals surface area (Å²) in [6.07, 6.45) is 0. The minimum absolute atomic E-state index is 0.157. The van der Waals surface area contributed by atoms with Gasteiger partial charge in [0.15, 0.2) is 0 Å². The average molecular weight is 688 g/mol. The van der Waals surface area contributed by atoms with Gasteiger partial charge in [-0.2, -0.15) is 0 Å². The van der Waals surface area contributed by atoms with E-state index in [1.165, 1.54) is 143 Å². The molecular formula is C53H26BN. The lowest BCUT2D eigenvalue weighted by Crippen LogP contribution is -2.65. The molecule has 0 bridgehead atoms. The summed E-state index contributed by atoms with van der Waals surface area (Å²) in [5.74, 6) is 0. The summed E-state index contributed by atoms with van der Waals surface area (Å²) in [4.78, 5) is 2.71. The number of rotatable bonds is 0. The second-order valence-corrected chi connectivity index (χ2v) is 16.6. The zero-order valence-corrected chi connectivity index (χ0v) is 29.5. The molecule has 16 rings (SSSR count). The predicted molar refractivity (Wildman–Crippen MR) is 230 cm³/mol. The lowest BCUT2D eigenvalue weighted by molar-refractivity contribution is 0.741. The molecule has 10 aromatic rings. The molecule has 0 fully saturated rings. The third-order valence-corrected chi connectivity index (χ3v) is 14.7. The molecule has 246 valence electrons. The van der Waals surface area contributed by atoms with Gasteiger partial charge in [0.25, 0.3) is 0 Å². The Kier molecular flexibility index (Phi) is 4.10. The van der Waals surface area contributed by atoms with Crippen molar-refractivity contribution in [2.75, 3.05) is 4.90 Å². The van der Waals surface area contributed by atoms with E-state index in [9.17, 15) is 0 Å². The summed E-state index contributed by atoms with van der Waals surface area (Å²) in [5, 5.41) is 10.8. The van der Waals surface area contributed by atoms with Gasteiger partial charge in [-0.15, -0.1) is 0 Å². The Labute approximate surface area is 316 Å². The lowest BCUT2D eigenvalue weighted by Gasteiger charge is -2.54. The highest BCUT2D eigenvalue weighted by Gasteiger charge is 2.57. The highest BCUT2D eigenvalue weighted by molar-refractivity contribution is 7.02. The third kappa shape index (κ3) is 2.57. The van der Waals surface area contributed by atoms with Crippen molar-refractivity contribution in [2.45, 2.75) is 5.41 Å². The summed E-state index contributed by atoms with van der Waals surface area (Å²) in [6.45, 7) is 0.157. The molecule has 6 aliphatic rings. The van der Waals surface area contributed by atoms with Gasteiger partial charge in [0, 0.05) is 21.9 Å². The quantitative estimate of drug-likeness (QED) is 0.144. The highest BCUT2D eigenvalue weighted by atomic mass is 15.2. The lowest BCUT2D eigenvalue weighted by atomic mass is 9.26. The molecule has 10 aromatic carbocycles. The molecule has 0 saturated carbocycles. The first-order chi connectivity index (χ1) is 27.3. The SMILES string of the molecule is c1cc2c3c(c1)-c1cccc4ccc5c(c14)B3c1c(ccc3cccc-2c13)C51c2ccc3cccc4c3c2N2c3c-4cccc3-c3cccc4ccc1c2c34. The normalized spacial score (nSPS) is 15.3. The Morgan fingerprint density at radius 1 is 0.291 bits per heavy atom. The number of nitrogens with zero attached hydrogens (tertiary/aromatic N) is 1. The minimum atomic E-state index is -0.554. The molecule has 0 unspecified atom stereocenters. The smallest absolute Gasteiger partial charge is 0.245 e. The van der Waals surface area contributed by atoms with Crippen LogP contribution in [-0.2, 0) is 5.41 Å². The molecule has 6 heterocycles. The fourth-order valence-electron chi connectivity index (χ4n) is 13.0. The zero-order chi connectivity index (χ0) is 35.1. The van der Waals surface area contributed by atoms with Crippen molar-refractivity contribution in [1.29, 1.82) is 0 Å². The van der Waals surface area contributed by atoms with Crippen LogP contribution in [0.4, 0.5) is 17.1 Å². The number of fused-ring (bicyclic) bond motifs is 8. The van der Waals surface area contributed by atoms with Crippen LogP contribution in [0.1, 0.15) is 22.3 Å². The van der Waals surface area contributed by atoms with E-state index >= 15 is 0 Å². The summed E-state index contributed by atoms with van der Waals surface area (Å²) in [5.41, 5.74) is 24.5. The predicted octanol–water partition coefficient (Wildman–Crippen LogP) is 11.2. The minimum Gasteiger partial charge on any atom is -0.307 e. The molecular weight excluding hydrogens is 661 g/mol. The standard InChI is InChI=1S/C53H26BN/c1-7-27-19-23-39-48-43(27)31(11-1)35-15-5-16-36-32-12-2-8-28-20-24-40(49(44(28)32)54(48)47(35)36)53(39)41-25-21-29-9-3-13-33-37-17-6-18-38-34-14-4-10-30-22-26-42(53)52(46(30)34)55(50(37)38)51(41)45(29)33/h1-26H. The number of para-hydroxylation sites is 1. The number of anilines is 3. The van der Waals surface area contributed by atoms with Crippen molar-refractivity contribution < 1.29 is 0 Å². The molecule has 0 amide bonds. The van der Waals surface area contributed by atoms with Gasteiger partial charge in [0.1, 0.15) is 0 Å². The van der Waals surface area contributed by atoms with E-state index in [2.05, 4.69) is 163 Å². The zero-order valence-electron chi connectivity index (χ0n) is 29.5. The molecule has 0 saturated heterocycles. The average Bonchev–Trinajstić information content (AvgIpc) is 3.24. The molecule has 6 aliphatic heterocycles. The van der Waals surface area contributed by atoms with Crippen LogP contribution >= 0.6 is 0 Å². The highest BCUT2D eigenvalue weighted by Crippen LogP contribution is 2.68. The van der Waals surface area contributed by atoms with Gasteiger partial charge < -0.3 is 4.90 Å². The van der Waals surface area contributed by atoms with E-state index in [1.54, 1.807) is 0 Å². The monoisotopic (exact) mass is 687 g/mol. The van der Waals surface area contributed by atoms with Gasteiger partial charge >= 0.3 is 0 Å². The van der Waals surface area contributed by atoms with Crippen LogP contribution < -0.4 is 21.3 Å². The Hall–Kier alpha value is -6.90. The molecule has 0 radical (unpaired) electrons. The molecule has 2 heteroatoms. The van der Waals surface area contributed by atoms with Crippen molar-refractivity contribution in [1.82, 2.24) is 0 Å². The third-order valence-electron chi connectivity index (χ3n) is 14.7. The first-order valence-corrected chi connectivity index (χ1v) is 19.6. The molecule has 0 atom stereocenters. The fraction of sp³-hybridized carbons (Fsp3) is 0.0189. The van der Waals surface area contributed by atoms with Gasteiger partial charge in [0.2, 0.25) is 6.71 Å². The Morgan fingerprint density at radius 2 is 0.655 bits per heavy atom. The molecule has 0 aromatic heterocycles. The maximum absolute atomic E-state index is 2.71. The first-order valence-electron chi connectivity index (χ1n) is 19.6. The van der Waals surface area contributed by atoms with Crippen LogP contribution in [0.3, 0.4) is 0 Å². The number of hydrogen-bond donors (Lipinski definition) is 0. The van der Waals surface area contributed by atoms with Crippen molar-refractivity contribution in [3.8, 4) is 44.5 Å². The van der Waals surface area contributed by atoms with E-state index in [0.717, 1.165) is 0 Å². The van der Waals surface area contributed by atoms with Crippen molar-refractivity contribution in [3.63, 3.8) is 0 Å². The fourth-order valence-corrected chi connectivity index (χ4v) is 13.0. The van der Waals surface area contributed by atoms with Gasteiger partial charge in [-0.25, -0.2) is 0 Å². The Morgan fingerprint density at radius 3 is 1.13 bits per heavy atom. The van der Waals surface area contributed by atoms with Crippen LogP contribution in [0.15, 0.2) is 158 Å². The van der Waals surface area contributed by atoms with Gasteiger partial charge in [-0.05, 0) is 88.0 Å². The molecule has 55 heavy (non-hydrogen) atoms. The van der Waals surface area contributed by atoms with Crippen LogP contribution in [0.2, 0.25) is 0 Å². The topological polar surface area (TPSA) is 3.24 Å². The van der Waals surface area contributed by atoms with E-state index in [4.69, 9.17) is 0 Å². The van der Waals surface area contributed by atoms with Gasteiger partial charge in [-0.3, -0.25) is 0 Å². The number of hydrogen-bond acceptors (Lipinski definition) is 1. The summed E-state index contributed by atoms with van der Waals surface area (Å²) >= 11 is 0. The second-order valence-electron chi connectivity index (χ2n) is 16.6. The van der Waals surface area contributed by atoms with Gasteiger partial charge in [0.05, 0.1) is 22.5 Å². The van der Waals surface area contributed by atoms with E-state index in [-0.39, 0.29) is 6.71 Å². The second kappa shape index (κ2) is 8.41. The molecule has 0 N–H and O–H groups in total. The van der Waals surface area contributed by atoms with Crippen molar-refractivity contribution >= 4 is 83.3 Å². The maximum Gasteiger partial charge on any atom is 0.245 e. The largest absolute Gasteiger partial charge is 0.307 e. The maximum atomic E-state index is 2.71. The first kappa shape index (κ1) is 26.8.